The first-order valence-electron chi connectivity index (χ1n) is 14.4. The van der Waals surface area contributed by atoms with Gasteiger partial charge in [-0.15, -0.1) is 0 Å². The first-order valence-corrected chi connectivity index (χ1v) is 14.4. The minimum Gasteiger partial charge on any atom is -0.467 e. The van der Waals surface area contributed by atoms with Crippen LogP contribution in [0.2, 0.25) is 0 Å². The van der Waals surface area contributed by atoms with Gasteiger partial charge in [0.25, 0.3) is 5.91 Å². The number of aryl methyl sites for hydroxylation is 1. The van der Waals surface area contributed by atoms with Crippen LogP contribution in [0.3, 0.4) is 0 Å². The lowest BCUT2D eigenvalue weighted by atomic mass is 9.98. The summed E-state index contributed by atoms with van der Waals surface area (Å²) in [6, 6.07) is 9.38. The third-order valence-electron chi connectivity index (χ3n) is 7.31. The van der Waals surface area contributed by atoms with Crippen molar-refractivity contribution in [2.45, 2.75) is 31.7 Å². The number of nitrogens with zero attached hydrogens (tertiary/aromatic N) is 3. The lowest BCUT2D eigenvalue weighted by molar-refractivity contribution is -0.143. The molecule has 0 radical (unpaired) electrons. The summed E-state index contributed by atoms with van der Waals surface area (Å²) in [4.78, 5) is 21.1. The third-order valence-corrected chi connectivity index (χ3v) is 7.31. The highest BCUT2D eigenvalue weighted by Gasteiger charge is 2.39. The second-order valence-corrected chi connectivity index (χ2v) is 10.7. The molecular weight excluding hydrogens is 616 g/mol. The Morgan fingerprint density at radius 2 is 1.74 bits per heavy atom. The summed E-state index contributed by atoms with van der Waals surface area (Å²) in [5, 5.41) is 0. The topological polar surface area (TPSA) is 64.1 Å². The zero-order chi connectivity index (χ0) is 33.3. The van der Waals surface area contributed by atoms with E-state index in [1.165, 1.54) is 4.90 Å². The van der Waals surface area contributed by atoms with Crippen molar-refractivity contribution in [1.29, 1.82) is 0 Å². The van der Waals surface area contributed by atoms with Crippen LogP contribution in [-0.2, 0) is 28.2 Å². The molecule has 0 N–H and O–H groups in total. The Hall–Kier alpha value is -4.12. The van der Waals surface area contributed by atoms with E-state index in [2.05, 4.69) is 16.8 Å². The SMILES string of the molecule is COCCOCOc1cc(C[C@@H]2CN(CC#Cc3cccnc3)CCN2C(=O)c2cc(C(F)(F)F)cc(C(F)(F)F)c2)ccc1C. The molecular formula is C33H33F6N3O4. The molecule has 1 aliphatic heterocycles. The minimum atomic E-state index is -5.08. The number of rotatable bonds is 10. The number of aromatic nitrogens is 1. The van der Waals surface area contributed by atoms with E-state index in [4.69, 9.17) is 14.2 Å². The van der Waals surface area contributed by atoms with Crippen LogP contribution in [0.1, 0.15) is 38.2 Å². The van der Waals surface area contributed by atoms with Crippen molar-refractivity contribution in [2.75, 3.05) is 53.3 Å². The molecule has 1 saturated heterocycles. The van der Waals surface area contributed by atoms with Gasteiger partial charge < -0.3 is 19.1 Å². The number of alkyl halides is 6. The maximum absolute atomic E-state index is 13.7. The van der Waals surface area contributed by atoms with Crippen molar-refractivity contribution in [3.63, 3.8) is 0 Å². The normalized spacial score (nSPS) is 15.7. The number of carbonyl (C=O) groups is 1. The van der Waals surface area contributed by atoms with Crippen LogP contribution in [0, 0.1) is 18.8 Å². The van der Waals surface area contributed by atoms with E-state index in [0.717, 1.165) is 16.7 Å². The smallest absolute Gasteiger partial charge is 0.416 e. The quantitative estimate of drug-likeness (QED) is 0.119. The number of amides is 1. The number of hydrogen-bond donors (Lipinski definition) is 0. The van der Waals surface area contributed by atoms with Crippen molar-refractivity contribution >= 4 is 5.91 Å². The average molecular weight is 650 g/mol. The van der Waals surface area contributed by atoms with Crippen LogP contribution in [0.15, 0.2) is 60.9 Å². The molecule has 1 atom stereocenters. The van der Waals surface area contributed by atoms with Crippen LogP contribution >= 0.6 is 0 Å². The van der Waals surface area contributed by atoms with Gasteiger partial charge in [-0.05, 0) is 60.9 Å². The maximum Gasteiger partial charge on any atom is 0.416 e. The number of methoxy groups -OCH3 is 1. The van der Waals surface area contributed by atoms with E-state index in [0.29, 0.717) is 44.2 Å². The van der Waals surface area contributed by atoms with Crippen LogP contribution in [0.5, 0.6) is 5.75 Å². The standard InChI is InChI=1S/C33H33F6N3O4/c1-23-7-8-25(16-30(23)46-22-45-14-13-44-2)15-29-21-41(10-4-6-24-5-3-9-40-20-24)11-12-42(29)31(43)26-17-27(32(34,35)36)19-28(18-26)33(37,38)39/h3,5,7-9,16-20,29H,10-15,21-22H2,1-2H3/t29-/m1/s1. The number of ether oxygens (including phenoxy) is 3. The molecule has 0 saturated carbocycles. The van der Waals surface area contributed by atoms with E-state index in [1.54, 1.807) is 31.6 Å². The molecule has 1 aromatic heterocycles. The molecule has 246 valence electrons. The zero-order valence-electron chi connectivity index (χ0n) is 25.3. The Kier molecular flexibility index (Phi) is 11.7. The molecule has 46 heavy (non-hydrogen) atoms. The predicted octanol–water partition coefficient (Wildman–Crippen LogP) is 5.85. The Morgan fingerprint density at radius 1 is 1.00 bits per heavy atom. The highest BCUT2D eigenvalue weighted by Crippen LogP contribution is 2.37. The molecule has 4 rings (SSSR count). The van der Waals surface area contributed by atoms with Crippen LogP contribution in [0.4, 0.5) is 26.3 Å². The van der Waals surface area contributed by atoms with Crippen molar-refractivity contribution in [1.82, 2.24) is 14.8 Å². The highest BCUT2D eigenvalue weighted by molar-refractivity contribution is 5.95. The first-order chi connectivity index (χ1) is 21.8. The van der Waals surface area contributed by atoms with Crippen LogP contribution in [0.25, 0.3) is 0 Å². The Labute approximate surface area is 263 Å². The van der Waals surface area contributed by atoms with Gasteiger partial charge in [0.15, 0.2) is 6.79 Å². The lowest BCUT2D eigenvalue weighted by Gasteiger charge is -2.41. The summed E-state index contributed by atoms with van der Waals surface area (Å²) in [6.07, 6.45) is -6.65. The Balaban J connectivity index is 1.60. The molecule has 7 nitrogen and oxygen atoms in total. The fraction of sp³-hybridized carbons (Fsp3) is 0.394. The monoisotopic (exact) mass is 649 g/mol. The third kappa shape index (κ3) is 9.69. The lowest BCUT2D eigenvalue weighted by Crippen LogP contribution is -2.56. The molecule has 0 spiro atoms. The molecule has 2 heterocycles. The largest absolute Gasteiger partial charge is 0.467 e. The van der Waals surface area contributed by atoms with Gasteiger partial charge in [-0.1, -0.05) is 24.0 Å². The van der Waals surface area contributed by atoms with Gasteiger partial charge in [-0.2, -0.15) is 26.3 Å². The van der Waals surface area contributed by atoms with Crippen molar-refractivity contribution in [2.24, 2.45) is 0 Å². The number of piperazine rings is 1. The molecule has 0 aliphatic carbocycles. The first kappa shape index (κ1) is 34.7. The van der Waals surface area contributed by atoms with Gasteiger partial charge in [0.1, 0.15) is 5.75 Å². The second-order valence-electron chi connectivity index (χ2n) is 10.7. The number of benzene rings is 2. The molecule has 13 heteroatoms. The van der Waals surface area contributed by atoms with Crippen LogP contribution < -0.4 is 4.74 Å². The van der Waals surface area contributed by atoms with Crippen molar-refractivity contribution in [3.05, 3.63) is 94.3 Å². The number of hydrogen-bond acceptors (Lipinski definition) is 6. The molecule has 0 unspecified atom stereocenters. The van der Waals surface area contributed by atoms with Gasteiger partial charge in [-0.3, -0.25) is 14.7 Å². The molecule has 1 fully saturated rings. The number of pyridine rings is 1. The van der Waals surface area contributed by atoms with Gasteiger partial charge in [0, 0.05) is 56.3 Å². The Bertz CT molecular complexity index is 1500. The minimum absolute atomic E-state index is 0.0138. The van der Waals surface area contributed by atoms with E-state index in [9.17, 15) is 31.1 Å². The van der Waals surface area contributed by atoms with Gasteiger partial charge in [0.2, 0.25) is 0 Å². The zero-order valence-corrected chi connectivity index (χ0v) is 25.3. The van der Waals surface area contributed by atoms with Crippen molar-refractivity contribution < 1.29 is 45.3 Å². The van der Waals surface area contributed by atoms with Gasteiger partial charge >= 0.3 is 12.4 Å². The summed E-state index contributed by atoms with van der Waals surface area (Å²) in [5.74, 6) is 5.71. The van der Waals surface area contributed by atoms with E-state index in [1.807, 2.05) is 30.0 Å². The predicted molar refractivity (Wildman–Crippen MR) is 157 cm³/mol. The molecule has 2 aromatic carbocycles. The maximum atomic E-state index is 13.7. The number of carbonyl (C=O) groups excluding carboxylic acids is 1. The van der Waals surface area contributed by atoms with E-state index < -0.39 is 41.0 Å². The average Bonchev–Trinajstić information content (AvgIpc) is 3.01. The van der Waals surface area contributed by atoms with E-state index in [-0.39, 0.29) is 32.4 Å². The number of halogens is 6. The summed E-state index contributed by atoms with van der Waals surface area (Å²) in [5.41, 5.74) is -1.47. The fourth-order valence-corrected chi connectivity index (χ4v) is 4.95. The highest BCUT2D eigenvalue weighted by atomic mass is 19.4. The summed E-state index contributed by atoms with van der Waals surface area (Å²) >= 11 is 0. The van der Waals surface area contributed by atoms with E-state index >= 15 is 0 Å². The summed E-state index contributed by atoms with van der Waals surface area (Å²) < 4.78 is 97.5. The molecule has 1 aliphatic rings. The summed E-state index contributed by atoms with van der Waals surface area (Å²) in [6.45, 7) is 3.54. The molecule has 3 aromatic rings. The Morgan fingerprint density at radius 3 is 2.39 bits per heavy atom. The van der Waals surface area contributed by atoms with Gasteiger partial charge in [-0.25, -0.2) is 0 Å². The van der Waals surface area contributed by atoms with Crippen LogP contribution in [-0.4, -0.2) is 80.0 Å². The fourth-order valence-electron chi connectivity index (χ4n) is 4.95. The van der Waals surface area contributed by atoms with Gasteiger partial charge in [0.05, 0.1) is 30.9 Å². The second kappa shape index (κ2) is 15.4. The molecule has 0 bridgehead atoms. The summed E-state index contributed by atoms with van der Waals surface area (Å²) in [7, 11) is 1.55. The van der Waals surface area contributed by atoms with Crippen molar-refractivity contribution in [3.8, 4) is 17.6 Å². The molecule has 1 amide bonds.